The maximum Gasteiger partial charge on any atom is 0.251 e. The van der Waals surface area contributed by atoms with E-state index in [0.29, 0.717) is 6.54 Å². The van der Waals surface area contributed by atoms with Gasteiger partial charge in [-0.2, -0.15) is 0 Å². The Morgan fingerprint density at radius 3 is 2.85 bits per heavy atom. The molecule has 1 aliphatic rings. The van der Waals surface area contributed by atoms with Crippen molar-refractivity contribution in [1.29, 1.82) is 0 Å². The Morgan fingerprint density at radius 1 is 1.15 bits per heavy atom. The van der Waals surface area contributed by atoms with E-state index in [0.717, 1.165) is 30.6 Å². The highest BCUT2D eigenvalue weighted by molar-refractivity contribution is 5.95. The summed E-state index contributed by atoms with van der Waals surface area (Å²) in [6, 6.07) is 16.1. The Balaban J connectivity index is 1.57. The van der Waals surface area contributed by atoms with Crippen LogP contribution in [0.1, 0.15) is 21.5 Å². The second-order valence-electron chi connectivity index (χ2n) is 5.04. The monoisotopic (exact) mass is 266 g/mol. The Labute approximate surface area is 119 Å². The summed E-state index contributed by atoms with van der Waals surface area (Å²) in [7, 11) is 0. The quantitative estimate of drug-likeness (QED) is 0.893. The third-order valence-electron chi connectivity index (χ3n) is 3.62. The minimum absolute atomic E-state index is 0.00984. The summed E-state index contributed by atoms with van der Waals surface area (Å²) in [6.07, 6.45) is 1.86. The Hall–Kier alpha value is -2.29. The van der Waals surface area contributed by atoms with Crippen molar-refractivity contribution in [3.8, 4) is 0 Å². The fourth-order valence-corrected chi connectivity index (χ4v) is 2.51. The Morgan fingerprint density at radius 2 is 2.00 bits per heavy atom. The summed E-state index contributed by atoms with van der Waals surface area (Å²) in [5.74, 6) is 0.00984. The van der Waals surface area contributed by atoms with Crippen LogP contribution in [-0.4, -0.2) is 19.0 Å². The minimum Gasteiger partial charge on any atom is -0.384 e. The number of benzene rings is 2. The number of anilines is 1. The molecule has 3 heteroatoms. The first kappa shape index (κ1) is 12.7. The molecule has 102 valence electrons. The van der Waals surface area contributed by atoms with Gasteiger partial charge in [-0.25, -0.2) is 0 Å². The first-order valence-corrected chi connectivity index (χ1v) is 7.02. The molecule has 2 aromatic carbocycles. The molecule has 2 aromatic rings. The van der Waals surface area contributed by atoms with E-state index >= 15 is 0 Å². The highest BCUT2D eigenvalue weighted by Crippen LogP contribution is 2.22. The number of hydrogen-bond acceptors (Lipinski definition) is 2. The van der Waals surface area contributed by atoms with Gasteiger partial charge >= 0.3 is 0 Å². The molecule has 1 aliphatic heterocycles. The minimum atomic E-state index is 0.00984. The molecule has 0 spiro atoms. The predicted molar refractivity (Wildman–Crippen MR) is 81.1 cm³/mol. The topological polar surface area (TPSA) is 41.1 Å². The average Bonchev–Trinajstić information content (AvgIpc) is 2.95. The van der Waals surface area contributed by atoms with Crippen molar-refractivity contribution < 1.29 is 4.79 Å². The maximum absolute atomic E-state index is 12.1. The first-order valence-electron chi connectivity index (χ1n) is 7.02. The molecule has 0 fully saturated rings. The fraction of sp³-hybridized carbons (Fsp3) is 0.235. The van der Waals surface area contributed by atoms with Gasteiger partial charge in [0, 0.05) is 24.3 Å². The molecule has 20 heavy (non-hydrogen) atoms. The van der Waals surface area contributed by atoms with E-state index < -0.39 is 0 Å². The van der Waals surface area contributed by atoms with Crippen LogP contribution in [0, 0.1) is 0 Å². The normalized spacial score (nSPS) is 12.6. The van der Waals surface area contributed by atoms with Crippen molar-refractivity contribution >= 4 is 11.6 Å². The molecule has 0 unspecified atom stereocenters. The zero-order valence-electron chi connectivity index (χ0n) is 11.4. The molecule has 3 rings (SSSR count). The molecule has 0 atom stereocenters. The van der Waals surface area contributed by atoms with Gasteiger partial charge in [0.25, 0.3) is 5.91 Å². The highest BCUT2D eigenvalue weighted by Gasteiger charge is 2.12. The summed E-state index contributed by atoms with van der Waals surface area (Å²) >= 11 is 0. The summed E-state index contributed by atoms with van der Waals surface area (Å²) in [6.45, 7) is 1.63. The van der Waals surface area contributed by atoms with Gasteiger partial charge in [-0.15, -0.1) is 0 Å². The van der Waals surface area contributed by atoms with Gasteiger partial charge in [-0.05, 0) is 42.2 Å². The van der Waals surface area contributed by atoms with Crippen molar-refractivity contribution in [2.75, 3.05) is 18.4 Å². The van der Waals surface area contributed by atoms with Crippen LogP contribution in [-0.2, 0) is 12.8 Å². The highest BCUT2D eigenvalue weighted by atomic mass is 16.1. The molecule has 0 saturated carbocycles. The van der Waals surface area contributed by atoms with Crippen LogP contribution in [0.5, 0.6) is 0 Å². The second-order valence-corrected chi connectivity index (χ2v) is 5.04. The van der Waals surface area contributed by atoms with Crippen molar-refractivity contribution in [3.63, 3.8) is 0 Å². The van der Waals surface area contributed by atoms with Crippen molar-refractivity contribution in [2.24, 2.45) is 0 Å². The van der Waals surface area contributed by atoms with Crippen LogP contribution >= 0.6 is 0 Å². The van der Waals surface area contributed by atoms with Crippen LogP contribution in [0.15, 0.2) is 48.5 Å². The molecule has 0 saturated heterocycles. The van der Waals surface area contributed by atoms with E-state index in [4.69, 9.17) is 0 Å². The largest absolute Gasteiger partial charge is 0.384 e. The Kier molecular flexibility index (Phi) is 3.68. The number of hydrogen-bond donors (Lipinski definition) is 2. The Bertz CT molecular complexity index is 608. The molecule has 0 bridgehead atoms. The van der Waals surface area contributed by atoms with Gasteiger partial charge in [-0.1, -0.05) is 30.3 Å². The first-order chi connectivity index (χ1) is 9.83. The number of carbonyl (C=O) groups excluding carboxylic acids is 1. The molecular formula is C17H18N2O. The summed E-state index contributed by atoms with van der Waals surface area (Å²) in [4.78, 5) is 12.1. The zero-order valence-corrected chi connectivity index (χ0v) is 11.4. The lowest BCUT2D eigenvalue weighted by molar-refractivity contribution is 0.0954. The van der Waals surface area contributed by atoms with Crippen molar-refractivity contribution in [2.45, 2.75) is 12.8 Å². The number of carbonyl (C=O) groups is 1. The zero-order chi connectivity index (χ0) is 13.8. The lowest BCUT2D eigenvalue weighted by Gasteiger charge is -2.07. The van der Waals surface area contributed by atoms with Gasteiger partial charge in [0.15, 0.2) is 0 Å². The van der Waals surface area contributed by atoms with Crippen LogP contribution < -0.4 is 10.6 Å². The third kappa shape index (κ3) is 2.82. The molecule has 0 aromatic heterocycles. The van der Waals surface area contributed by atoms with Crippen LogP contribution in [0.4, 0.5) is 5.69 Å². The van der Waals surface area contributed by atoms with E-state index in [9.17, 15) is 4.79 Å². The molecule has 1 heterocycles. The van der Waals surface area contributed by atoms with Gasteiger partial charge in [0.2, 0.25) is 0 Å². The van der Waals surface area contributed by atoms with Crippen LogP contribution in [0.2, 0.25) is 0 Å². The van der Waals surface area contributed by atoms with E-state index in [-0.39, 0.29) is 5.91 Å². The molecule has 3 nitrogen and oxygen atoms in total. The van der Waals surface area contributed by atoms with Crippen molar-refractivity contribution in [1.82, 2.24) is 5.32 Å². The summed E-state index contributed by atoms with van der Waals surface area (Å²) in [5, 5.41) is 6.28. The smallest absolute Gasteiger partial charge is 0.251 e. The van der Waals surface area contributed by atoms with Gasteiger partial charge in [0.1, 0.15) is 0 Å². The van der Waals surface area contributed by atoms with Gasteiger partial charge in [-0.3, -0.25) is 4.79 Å². The lowest BCUT2D eigenvalue weighted by atomic mass is 10.1. The maximum atomic E-state index is 12.1. The lowest BCUT2D eigenvalue weighted by Crippen LogP contribution is -2.25. The van der Waals surface area contributed by atoms with Crippen LogP contribution in [0.3, 0.4) is 0 Å². The number of fused-ring (bicyclic) bond motifs is 1. The number of nitrogens with one attached hydrogen (secondary N) is 2. The van der Waals surface area contributed by atoms with E-state index in [2.05, 4.69) is 22.8 Å². The molecular weight excluding hydrogens is 248 g/mol. The van der Waals surface area contributed by atoms with E-state index in [1.165, 1.54) is 11.1 Å². The average molecular weight is 266 g/mol. The fourth-order valence-electron chi connectivity index (χ4n) is 2.51. The number of rotatable bonds is 4. The standard InChI is InChI=1S/C17H18N2O/c20-17(19-10-8-13-4-2-1-3-5-13)15-6-7-16-14(12-15)9-11-18-16/h1-7,12,18H,8-11H2,(H,19,20). The van der Waals surface area contributed by atoms with Gasteiger partial charge < -0.3 is 10.6 Å². The molecule has 2 N–H and O–H groups in total. The molecule has 0 aliphatic carbocycles. The summed E-state index contributed by atoms with van der Waals surface area (Å²) in [5.41, 5.74) is 4.39. The molecule has 1 amide bonds. The predicted octanol–water partition coefficient (Wildman–Crippen LogP) is 2.63. The SMILES string of the molecule is O=C(NCCc1ccccc1)c1ccc2c(c1)CCN2. The molecule has 0 radical (unpaired) electrons. The van der Waals surface area contributed by atoms with E-state index in [1.807, 2.05) is 36.4 Å². The second kappa shape index (κ2) is 5.78. The number of amides is 1. The van der Waals surface area contributed by atoms with Crippen molar-refractivity contribution in [3.05, 3.63) is 65.2 Å². The van der Waals surface area contributed by atoms with Crippen LogP contribution in [0.25, 0.3) is 0 Å². The van der Waals surface area contributed by atoms with E-state index in [1.54, 1.807) is 0 Å². The third-order valence-corrected chi connectivity index (χ3v) is 3.62. The van der Waals surface area contributed by atoms with Gasteiger partial charge in [0.05, 0.1) is 0 Å². The summed E-state index contributed by atoms with van der Waals surface area (Å²) < 4.78 is 0.